The van der Waals surface area contributed by atoms with Crippen LogP contribution < -0.4 is 0 Å². The fraction of sp³-hybridized carbons (Fsp3) is 0. The molecule has 3 N–H and O–H groups in total. The number of furan rings is 1. The first-order valence-electron chi connectivity index (χ1n) is 17.2. The fourth-order valence-corrected chi connectivity index (χ4v) is 4.52. The Kier molecular flexibility index (Phi) is 4.40. The highest BCUT2D eigenvalue weighted by molar-refractivity contribution is 6.12. The lowest BCUT2D eigenvalue weighted by atomic mass is 9.93. The van der Waals surface area contributed by atoms with Gasteiger partial charge in [0.25, 0.3) is 0 Å². The van der Waals surface area contributed by atoms with E-state index in [4.69, 9.17) is 18.1 Å². The van der Waals surface area contributed by atoms with Crippen LogP contribution in [-0.2, 0) is 0 Å². The van der Waals surface area contributed by atoms with E-state index >= 15 is 0 Å². The van der Waals surface area contributed by atoms with Gasteiger partial charge in [-0.15, -0.1) is 0 Å². The predicted molar refractivity (Wildman–Crippen MR) is 161 cm³/mol. The molecule has 0 aliphatic heterocycles. The lowest BCUT2D eigenvalue weighted by Gasteiger charge is -2.13. The third-order valence-corrected chi connectivity index (χ3v) is 6.28. The summed E-state index contributed by atoms with van der Waals surface area (Å²) in [6, 6.07) is 12.9. The molecule has 200 valence electrons. The molecule has 0 atom stereocenters. The van der Waals surface area contributed by atoms with Gasteiger partial charge >= 0.3 is 0 Å². The Balaban J connectivity index is 0.000000176. The summed E-state index contributed by atoms with van der Waals surface area (Å²) in [7, 11) is 0. The third kappa shape index (κ3) is 5.09. The summed E-state index contributed by atoms with van der Waals surface area (Å²) in [5, 5.41) is 30.8. The number of hydrogen-bond acceptors (Lipinski definition) is 4. The van der Waals surface area contributed by atoms with Crippen LogP contribution in [0, 0.1) is 5.82 Å². The molecule has 0 aliphatic rings. The highest BCUT2D eigenvalue weighted by atomic mass is 19.1. The van der Waals surface area contributed by atoms with Gasteiger partial charge in [0.1, 0.15) is 34.2 Å². The molecule has 41 heavy (non-hydrogen) atoms. The Hall–Kier alpha value is -5.55. The molecule has 0 amide bonds. The van der Waals surface area contributed by atoms with Crippen molar-refractivity contribution in [3.63, 3.8) is 0 Å². The van der Waals surface area contributed by atoms with Crippen molar-refractivity contribution < 1.29 is 37.8 Å². The van der Waals surface area contributed by atoms with Gasteiger partial charge in [-0.2, -0.15) is 0 Å². The highest BCUT2D eigenvalue weighted by Gasteiger charge is 2.16. The van der Waals surface area contributed by atoms with E-state index in [1.54, 1.807) is 30.3 Å². The van der Waals surface area contributed by atoms with Crippen molar-refractivity contribution in [1.82, 2.24) is 0 Å². The Morgan fingerprint density at radius 3 is 1.93 bits per heavy atom. The van der Waals surface area contributed by atoms with Crippen molar-refractivity contribution in [1.29, 1.82) is 0 Å². The van der Waals surface area contributed by atoms with Crippen molar-refractivity contribution in [3.8, 4) is 50.6 Å². The van der Waals surface area contributed by atoms with Gasteiger partial charge in [0, 0.05) is 21.9 Å². The van der Waals surface area contributed by atoms with Crippen LogP contribution in [0.25, 0.3) is 55.3 Å². The molecule has 0 bridgehead atoms. The van der Waals surface area contributed by atoms with Gasteiger partial charge < -0.3 is 19.7 Å². The normalized spacial score (nSPS) is 14.3. The topological polar surface area (TPSA) is 73.8 Å². The average molecular weight is 551 g/mol. The van der Waals surface area contributed by atoms with E-state index in [1.165, 1.54) is 30.3 Å². The van der Waals surface area contributed by atoms with Crippen LogP contribution in [0.5, 0.6) is 17.2 Å². The zero-order valence-corrected chi connectivity index (χ0v) is 21.1. The van der Waals surface area contributed by atoms with E-state index in [1.807, 2.05) is 0 Å². The SMILES string of the molecule is [2H]c1c([2H])c([2H])c(-c2cccc(F)c2-c2cc(O)ccc2O)c([2H])c1[2H].[2H]c1c([2H])c([2H])c(-c2cccc3oc4ccc(O)cc4c23)c([2H])c1[2H]. The minimum Gasteiger partial charge on any atom is -0.508 e. The molecule has 0 radical (unpaired) electrons. The van der Waals surface area contributed by atoms with Gasteiger partial charge in [-0.1, -0.05) is 84.7 Å². The molecule has 0 spiro atoms. The molecule has 1 heterocycles. The van der Waals surface area contributed by atoms with E-state index in [0.717, 1.165) is 12.1 Å². The second-order valence-electron chi connectivity index (χ2n) is 8.83. The van der Waals surface area contributed by atoms with Crippen LogP contribution in [0.2, 0.25) is 0 Å². The minimum atomic E-state index is -0.768. The van der Waals surface area contributed by atoms with Crippen molar-refractivity contribution in [3.05, 3.63) is 139 Å². The maximum absolute atomic E-state index is 14.6. The molecule has 0 saturated heterocycles. The molecular weight excluding hydrogens is 515 g/mol. The van der Waals surface area contributed by atoms with E-state index in [0.29, 0.717) is 27.5 Å². The zero-order chi connectivity index (χ0) is 37.0. The molecule has 4 nitrogen and oxygen atoms in total. The van der Waals surface area contributed by atoms with E-state index in [-0.39, 0.29) is 69.2 Å². The Bertz CT molecular complexity index is 2490. The van der Waals surface area contributed by atoms with E-state index in [2.05, 4.69) is 0 Å². The van der Waals surface area contributed by atoms with E-state index < -0.39 is 42.1 Å². The van der Waals surface area contributed by atoms with Gasteiger partial charge in [-0.25, -0.2) is 4.39 Å². The van der Waals surface area contributed by atoms with Crippen LogP contribution in [0.15, 0.2) is 138 Å². The average Bonchev–Trinajstić information content (AvgIpc) is 3.48. The summed E-state index contributed by atoms with van der Waals surface area (Å²) in [4.78, 5) is 0. The van der Waals surface area contributed by atoms with Crippen molar-refractivity contribution in [2.24, 2.45) is 0 Å². The lowest BCUT2D eigenvalue weighted by Crippen LogP contribution is -1.90. The molecule has 1 aromatic heterocycles. The molecule has 0 unspecified atom stereocenters. The van der Waals surface area contributed by atoms with Crippen LogP contribution in [0.1, 0.15) is 13.7 Å². The zero-order valence-electron chi connectivity index (χ0n) is 31.1. The number of halogens is 1. The maximum atomic E-state index is 14.6. The van der Waals surface area contributed by atoms with E-state index in [9.17, 15) is 19.7 Å². The quantitative estimate of drug-likeness (QED) is 0.192. The predicted octanol–water partition coefficient (Wildman–Crippen LogP) is 9.53. The monoisotopic (exact) mass is 550 g/mol. The van der Waals surface area contributed by atoms with Gasteiger partial charge in [0.2, 0.25) is 0 Å². The van der Waals surface area contributed by atoms with Crippen molar-refractivity contribution in [2.75, 3.05) is 0 Å². The smallest absolute Gasteiger partial charge is 0.136 e. The highest BCUT2D eigenvalue weighted by Crippen LogP contribution is 2.40. The van der Waals surface area contributed by atoms with Crippen LogP contribution in [0.4, 0.5) is 4.39 Å². The summed E-state index contributed by atoms with van der Waals surface area (Å²) in [6.45, 7) is 0. The van der Waals surface area contributed by atoms with Crippen molar-refractivity contribution in [2.45, 2.75) is 0 Å². The van der Waals surface area contributed by atoms with Crippen molar-refractivity contribution >= 4 is 21.9 Å². The molecule has 7 aromatic rings. The summed E-state index contributed by atoms with van der Waals surface area (Å²) in [5.41, 5.74) is 1.26. The fourth-order valence-electron chi connectivity index (χ4n) is 4.52. The third-order valence-electron chi connectivity index (χ3n) is 6.28. The summed E-state index contributed by atoms with van der Waals surface area (Å²) in [5.74, 6) is -1.24. The summed E-state index contributed by atoms with van der Waals surface area (Å²) < 4.78 is 99.8. The number of phenolic OH excluding ortho intramolecular Hbond substituents is 3. The van der Waals surface area contributed by atoms with Gasteiger partial charge in [0.15, 0.2) is 0 Å². The number of hydrogen-bond donors (Lipinski definition) is 3. The van der Waals surface area contributed by atoms with Gasteiger partial charge in [-0.05, 0) is 70.8 Å². The number of aromatic hydroxyl groups is 3. The number of phenols is 3. The summed E-state index contributed by atoms with van der Waals surface area (Å²) >= 11 is 0. The lowest BCUT2D eigenvalue weighted by molar-refractivity contribution is 0.461. The van der Waals surface area contributed by atoms with Crippen LogP contribution >= 0.6 is 0 Å². The second-order valence-corrected chi connectivity index (χ2v) is 8.83. The minimum absolute atomic E-state index is 0.0166. The largest absolute Gasteiger partial charge is 0.508 e. The number of rotatable bonds is 3. The van der Waals surface area contributed by atoms with Gasteiger partial charge in [-0.3, -0.25) is 0 Å². The summed E-state index contributed by atoms with van der Waals surface area (Å²) in [6.07, 6.45) is 0. The molecule has 0 aliphatic carbocycles. The number of benzene rings is 6. The number of fused-ring (bicyclic) bond motifs is 3. The Morgan fingerprint density at radius 2 is 1.20 bits per heavy atom. The molecule has 0 fully saturated rings. The maximum Gasteiger partial charge on any atom is 0.136 e. The molecule has 7 rings (SSSR count). The van der Waals surface area contributed by atoms with Crippen LogP contribution in [0.3, 0.4) is 0 Å². The Morgan fingerprint density at radius 1 is 0.585 bits per heavy atom. The molecule has 0 saturated carbocycles. The standard InChI is InChI=1S/C18H13FO2.C18H12O2/c19-16-8-4-7-14(12-5-2-1-3-6-12)18(16)15-11-13(20)9-10-17(15)21;19-13-9-10-16-15(11-13)18-14(7-4-8-17(18)20-16)12-5-2-1-3-6-12/h1-11,20-21H;1-11,19H/i2*1D,2D,3D,5D,6D. The first kappa shape index (κ1) is 16.5. The molecule has 5 heteroatoms. The van der Waals surface area contributed by atoms with Crippen LogP contribution in [-0.4, -0.2) is 15.3 Å². The Labute approximate surface area is 249 Å². The first-order chi connectivity index (χ1) is 24.1. The second kappa shape index (κ2) is 10.9. The first-order valence-corrected chi connectivity index (χ1v) is 12.2. The van der Waals surface area contributed by atoms with Gasteiger partial charge in [0.05, 0.1) is 13.7 Å². The molecule has 6 aromatic carbocycles. The molecular formula is C36H25FO4.